The van der Waals surface area contributed by atoms with Gasteiger partial charge in [0, 0.05) is 24.2 Å². The van der Waals surface area contributed by atoms with E-state index in [1.54, 1.807) is 18.3 Å². The predicted octanol–water partition coefficient (Wildman–Crippen LogP) is 1.62. The molecule has 0 unspecified atom stereocenters. The van der Waals surface area contributed by atoms with Crippen molar-refractivity contribution in [3.8, 4) is 11.8 Å². The third-order valence-electron chi connectivity index (χ3n) is 1.92. The first kappa shape index (κ1) is 12.0. The Bertz CT molecular complexity index is 644. The average molecular weight is 260 g/mol. The first-order chi connectivity index (χ1) is 8.65. The fourth-order valence-corrected chi connectivity index (χ4v) is 1.30. The molecule has 0 spiro atoms. The predicted molar refractivity (Wildman–Crippen MR) is 64.2 cm³/mol. The maximum atomic E-state index is 10.5. The van der Waals surface area contributed by atoms with E-state index in [0.29, 0.717) is 16.3 Å². The summed E-state index contributed by atoms with van der Waals surface area (Å²) in [6, 6.07) is 3.34. The van der Waals surface area contributed by atoms with Crippen LogP contribution in [0, 0.1) is 11.8 Å². The van der Waals surface area contributed by atoms with Crippen LogP contribution in [-0.4, -0.2) is 26.0 Å². The molecule has 0 aliphatic heterocycles. The minimum Gasteiger partial charge on any atom is -0.475 e. The molecule has 0 aromatic carbocycles. The number of aromatic carboxylic acids is 1. The summed E-state index contributed by atoms with van der Waals surface area (Å²) in [5.41, 5.74) is 1.23. The molecule has 0 bridgehead atoms. The van der Waals surface area contributed by atoms with E-state index < -0.39 is 5.97 Å². The normalized spacial score (nSPS) is 9.39. The highest BCUT2D eigenvalue weighted by molar-refractivity contribution is 6.29. The van der Waals surface area contributed by atoms with Gasteiger partial charge in [-0.25, -0.2) is 19.7 Å². The third kappa shape index (κ3) is 3.03. The van der Waals surface area contributed by atoms with Gasteiger partial charge in [0.15, 0.2) is 0 Å². The topological polar surface area (TPSA) is 76.0 Å². The number of halogens is 1. The second kappa shape index (κ2) is 5.25. The zero-order chi connectivity index (χ0) is 13.0. The molecule has 1 N–H and O–H groups in total. The fraction of sp³-hybridized carbons (Fsp3) is 0. The van der Waals surface area contributed by atoms with Gasteiger partial charge in [-0.05, 0) is 12.1 Å². The van der Waals surface area contributed by atoms with Crippen LogP contribution in [0.1, 0.15) is 21.7 Å². The molecule has 0 fully saturated rings. The Morgan fingerprint density at radius 3 is 2.44 bits per heavy atom. The molecule has 18 heavy (non-hydrogen) atoms. The van der Waals surface area contributed by atoms with Gasteiger partial charge < -0.3 is 5.11 Å². The molecule has 6 heteroatoms. The van der Waals surface area contributed by atoms with Gasteiger partial charge in [0.25, 0.3) is 0 Å². The molecule has 0 radical (unpaired) electrons. The van der Waals surface area contributed by atoms with Crippen molar-refractivity contribution in [1.29, 1.82) is 0 Å². The van der Waals surface area contributed by atoms with Crippen LogP contribution in [0.2, 0.25) is 5.15 Å². The number of nitrogens with zero attached hydrogens (tertiary/aromatic N) is 3. The molecule has 88 valence electrons. The standard InChI is InChI=1S/C12H6ClN3O2/c13-10-5-8(3-4-14-10)1-2-9-6-15-11(12(17)18)16-7-9/h3-7H,(H,17,18). The Hall–Kier alpha value is -2.45. The number of hydrogen-bond acceptors (Lipinski definition) is 4. The van der Waals surface area contributed by atoms with Crippen molar-refractivity contribution < 1.29 is 9.90 Å². The smallest absolute Gasteiger partial charge is 0.373 e. The van der Waals surface area contributed by atoms with Crippen LogP contribution < -0.4 is 0 Å². The van der Waals surface area contributed by atoms with Crippen LogP contribution >= 0.6 is 11.6 Å². The lowest BCUT2D eigenvalue weighted by atomic mass is 10.2. The number of carboxylic acid groups (broad SMARTS) is 1. The maximum Gasteiger partial charge on any atom is 0.373 e. The van der Waals surface area contributed by atoms with Crippen molar-refractivity contribution in [2.75, 3.05) is 0 Å². The van der Waals surface area contributed by atoms with Crippen molar-refractivity contribution in [1.82, 2.24) is 15.0 Å². The van der Waals surface area contributed by atoms with Crippen molar-refractivity contribution in [3.63, 3.8) is 0 Å². The fourth-order valence-electron chi connectivity index (χ4n) is 1.13. The van der Waals surface area contributed by atoms with E-state index in [2.05, 4.69) is 26.8 Å². The molecule has 2 rings (SSSR count). The number of carboxylic acids is 1. The summed E-state index contributed by atoms with van der Waals surface area (Å²) >= 11 is 5.71. The Morgan fingerprint density at radius 1 is 1.17 bits per heavy atom. The van der Waals surface area contributed by atoms with Crippen LogP contribution in [0.3, 0.4) is 0 Å². The first-order valence-corrected chi connectivity index (χ1v) is 5.22. The Balaban J connectivity index is 2.22. The highest BCUT2D eigenvalue weighted by Crippen LogP contribution is 2.05. The van der Waals surface area contributed by atoms with E-state index in [4.69, 9.17) is 16.7 Å². The van der Waals surface area contributed by atoms with E-state index in [0.717, 1.165) is 0 Å². The lowest BCUT2D eigenvalue weighted by molar-refractivity contribution is 0.0683. The van der Waals surface area contributed by atoms with Gasteiger partial charge in [0.1, 0.15) is 5.15 Å². The number of hydrogen-bond donors (Lipinski definition) is 1. The monoisotopic (exact) mass is 259 g/mol. The number of aromatic nitrogens is 3. The number of pyridine rings is 1. The highest BCUT2D eigenvalue weighted by atomic mass is 35.5. The van der Waals surface area contributed by atoms with Crippen LogP contribution in [0.5, 0.6) is 0 Å². The van der Waals surface area contributed by atoms with Gasteiger partial charge in [0.05, 0.1) is 5.56 Å². The van der Waals surface area contributed by atoms with Crippen molar-refractivity contribution in [2.24, 2.45) is 0 Å². The van der Waals surface area contributed by atoms with Gasteiger partial charge in [-0.2, -0.15) is 0 Å². The Morgan fingerprint density at radius 2 is 1.83 bits per heavy atom. The molecule has 2 aromatic heterocycles. The zero-order valence-electron chi connectivity index (χ0n) is 8.96. The molecule has 0 amide bonds. The molecular formula is C12H6ClN3O2. The molecular weight excluding hydrogens is 254 g/mol. The molecule has 0 aliphatic carbocycles. The van der Waals surface area contributed by atoms with Crippen molar-refractivity contribution in [2.45, 2.75) is 0 Å². The zero-order valence-corrected chi connectivity index (χ0v) is 9.72. The summed E-state index contributed by atoms with van der Waals surface area (Å²) in [5, 5.41) is 8.99. The summed E-state index contributed by atoms with van der Waals surface area (Å²) in [5.74, 6) is 4.22. The largest absolute Gasteiger partial charge is 0.475 e. The molecule has 0 saturated carbocycles. The third-order valence-corrected chi connectivity index (χ3v) is 2.13. The minimum atomic E-state index is -1.17. The average Bonchev–Trinajstić information content (AvgIpc) is 2.37. The SMILES string of the molecule is O=C(O)c1ncc(C#Cc2ccnc(Cl)c2)cn1. The number of rotatable bonds is 1. The van der Waals surface area contributed by atoms with Crippen molar-refractivity contribution >= 4 is 17.6 Å². The van der Waals surface area contributed by atoms with Gasteiger partial charge in [-0.15, -0.1) is 0 Å². The molecule has 0 atom stereocenters. The summed E-state index contributed by atoms with van der Waals surface area (Å²) in [4.78, 5) is 21.7. The summed E-state index contributed by atoms with van der Waals surface area (Å²) in [7, 11) is 0. The van der Waals surface area contributed by atoms with Crippen LogP contribution in [0.15, 0.2) is 30.7 Å². The Kier molecular flexibility index (Phi) is 3.51. The van der Waals surface area contributed by atoms with Gasteiger partial charge in [-0.1, -0.05) is 23.4 Å². The quantitative estimate of drug-likeness (QED) is 0.622. The van der Waals surface area contributed by atoms with E-state index in [1.807, 2.05) is 0 Å². The molecule has 5 nitrogen and oxygen atoms in total. The molecule has 0 saturated heterocycles. The van der Waals surface area contributed by atoms with Crippen molar-refractivity contribution in [3.05, 3.63) is 52.8 Å². The lowest BCUT2D eigenvalue weighted by Gasteiger charge is -1.92. The second-order valence-corrected chi connectivity index (χ2v) is 3.60. The molecule has 0 aliphatic rings. The van der Waals surface area contributed by atoms with Gasteiger partial charge in [-0.3, -0.25) is 0 Å². The van der Waals surface area contributed by atoms with Crippen LogP contribution in [0.4, 0.5) is 0 Å². The highest BCUT2D eigenvalue weighted by Gasteiger charge is 2.04. The maximum absolute atomic E-state index is 10.5. The van der Waals surface area contributed by atoms with E-state index in [1.165, 1.54) is 12.4 Å². The summed E-state index contributed by atoms with van der Waals surface area (Å²) in [6.45, 7) is 0. The Labute approximate surface area is 108 Å². The minimum absolute atomic E-state index is 0.257. The van der Waals surface area contributed by atoms with Gasteiger partial charge >= 0.3 is 5.97 Å². The number of carbonyl (C=O) groups is 1. The van der Waals surface area contributed by atoms with Crippen LogP contribution in [0.25, 0.3) is 0 Å². The van der Waals surface area contributed by atoms with E-state index >= 15 is 0 Å². The van der Waals surface area contributed by atoms with E-state index in [-0.39, 0.29) is 5.82 Å². The second-order valence-electron chi connectivity index (χ2n) is 3.22. The van der Waals surface area contributed by atoms with Crippen LogP contribution in [-0.2, 0) is 0 Å². The molecule has 2 aromatic rings. The van der Waals surface area contributed by atoms with Gasteiger partial charge in [0.2, 0.25) is 5.82 Å². The first-order valence-electron chi connectivity index (χ1n) is 4.84. The van der Waals surface area contributed by atoms with E-state index in [9.17, 15) is 4.79 Å². The lowest BCUT2D eigenvalue weighted by Crippen LogP contribution is -2.03. The molecule has 2 heterocycles. The summed E-state index contributed by atoms with van der Waals surface area (Å²) < 4.78 is 0. The summed E-state index contributed by atoms with van der Waals surface area (Å²) in [6.07, 6.45) is 4.26.